The van der Waals surface area contributed by atoms with Gasteiger partial charge in [0.25, 0.3) is 0 Å². The Morgan fingerprint density at radius 1 is 1.50 bits per heavy atom. The van der Waals surface area contributed by atoms with Gasteiger partial charge in [-0.3, -0.25) is 0 Å². The van der Waals surface area contributed by atoms with Crippen LogP contribution in [0.2, 0.25) is 0 Å². The van der Waals surface area contributed by atoms with E-state index in [9.17, 15) is 4.79 Å². The lowest BCUT2D eigenvalue weighted by Gasteiger charge is -2.40. The number of amides is 1. The van der Waals surface area contributed by atoms with Crippen molar-refractivity contribution in [2.75, 3.05) is 19.5 Å². The summed E-state index contributed by atoms with van der Waals surface area (Å²) in [6.07, 6.45) is 3.14. The third kappa shape index (κ3) is 3.40. The number of hydrogen-bond donors (Lipinski definition) is 1. The van der Waals surface area contributed by atoms with Gasteiger partial charge in [-0.2, -0.15) is 0 Å². The number of alkyl carbamates (subject to hydrolysis) is 1. The van der Waals surface area contributed by atoms with Crippen molar-refractivity contribution in [2.24, 2.45) is 0 Å². The van der Waals surface area contributed by atoms with Crippen LogP contribution >= 0.6 is 11.8 Å². The number of hydrogen-bond acceptors (Lipinski definition) is 6. The normalized spacial score (nSPS) is 17.2. The van der Waals surface area contributed by atoms with Gasteiger partial charge >= 0.3 is 6.09 Å². The molecule has 2 heterocycles. The van der Waals surface area contributed by atoms with Crippen LogP contribution in [0, 0.1) is 0 Å². The Balaban J connectivity index is 2.15. The summed E-state index contributed by atoms with van der Waals surface area (Å²) in [4.78, 5) is 20.6. The van der Waals surface area contributed by atoms with Crippen molar-refractivity contribution in [3.63, 3.8) is 0 Å². The molecule has 0 atom stereocenters. The van der Waals surface area contributed by atoms with Gasteiger partial charge in [-0.15, -0.1) is 11.8 Å². The minimum absolute atomic E-state index is 0.351. The average molecular weight is 297 g/mol. The van der Waals surface area contributed by atoms with Gasteiger partial charge < -0.3 is 14.8 Å². The number of rotatable bonds is 3. The first-order valence-corrected chi connectivity index (χ1v) is 7.53. The average Bonchev–Trinajstić information content (AvgIpc) is 2.31. The minimum Gasteiger partial charge on any atom is -0.444 e. The van der Waals surface area contributed by atoms with Crippen LogP contribution in [-0.4, -0.2) is 41.1 Å². The number of carbonyl (C=O) groups excluding carboxylic acids is 1. The van der Waals surface area contributed by atoms with E-state index in [0.29, 0.717) is 19.0 Å². The second-order valence-corrected chi connectivity index (χ2v) is 6.45. The summed E-state index contributed by atoms with van der Waals surface area (Å²) in [7, 11) is 0. The molecule has 110 valence electrons. The smallest absolute Gasteiger partial charge is 0.408 e. The molecular formula is C13H19N3O3S. The Labute approximate surface area is 122 Å². The van der Waals surface area contributed by atoms with Crippen LogP contribution in [0.5, 0.6) is 0 Å². The summed E-state index contributed by atoms with van der Waals surface area (Å²) in [6, 6.07) is 1.83. The van der Waals surface area contributed by atoms with Gasteiger partial charge in [0.15, 0.2) is 5.82 Å². The van der Waals surface area contributed by atoms with Crippen LogP contribution in [0.1, 0.15) is 26.6 Å². The van der Waals surface area contributed by atoms with E-state index >= 15 is 0 Å². The van der Waals surface area contributed by atoms with Gasteiger partial charge in [0.05, 0.1) is 18.2 Å². The zero-order valence-electron chi connectivity index (χ0n) is 12.1. The van der Waals surface area contributed by atoms with E-state index in [-0.39, 0.29) is 0 Å². The molecule has 1 aliphatic rings. The van der Waals surface area contributed by atoms with Gasteiger partial charge in [0, 0.05) is 6.20 Å². The summed E-state index contributed by atoms with van der Waals surface area (Å²) in [5.74, 6) is 0.557. The molecule has 1 aromatic heterocycles. The number of nitrogens with one attached hydrogen (secondary N) is 1. The second kappa shape index (κ2) is 5.57. The Morgan fingerprint density at radius 3 is 2.70 bits per heavy atom. The molecule has 0 spiro atoms. The molecule has 2 rings (SSSR count). The topological polar surface area (TPSA) is 73.3 Å². The molecule has 1 aromatic rings. The highest BCUT2D eigenvalue weighted by atomic mass is 32.2. The first kappa shape index (κ1) is 15.1. The number of nitrogens with zero attached hydrogens (tertiary/aromatic N) is 2. The van der Waals surface area contributed by atoms with E-state index in [1.54, 1.807) is 6.20 Å². The Bertz CT molecular complexity index is 498. The first-order valence-electron chi connectivity index (χ1n) is 6.31. The molecule has 0 saturated carbocycles. The molecule has 6 nitrogen and oxygen atoms in total. The van der Waals surface area contributed by atoms with Crippen molar-refractivity contribution in [3.05, 3.63) is 18.1 Å². The third-order valence-electron chi connectivity index (χ3n) is 2.70. The first-order chi connectivity index (χ1) is 9.35. The molecule has 0 unspecified atom stereocenters. The fourth-order valence-electron chi connectivity index (χ4n) is 1.75. The standard InChI is InChI=1S/C13H19N3O3S/c1-12(2,3)19-11(17)16-13(7-18-8-13)10-14-6-5-9(15-10)20-4/h5-6H,7-8H2,1-4H3,(H,16,17). The van der Waals surface area contributed by atoms with Gasteiger partial charge in [-0.25, -0.2) is 14.8 Å². The van der Waals surface area contributed by atoms with Crippen LogP contribution in [0.3, 0.4) is 0 Å². The number of carbonyl (C=O) groups is 1. The van der Waals surface area contributed by atoms with Gasteiger partial charge in [0.1, 0.15) is 11.1 Å². The fourth-order valence-corrected chi connectivity index (χ4v) is 2.12. The molecule has 20 heavy (non-hydrogen) atoms. The van der Waals surface area contributed by atoms with Crippen LogP contribution in [-0.2, 0) is 15.0 Å². The highest BCUT2D eigenvalue weighted by molar-refractivity contribution is 7.98. The fraction of sp³-hybridized carbons (Fsp3) is 0.615. The van der Waals surface area contributed by atoms with Gasteiger partial charge in [-0.05, 0) is 33.1 Å². The molecule has 0 aliphatic carbocycles. The Kier molecular flexibility index (Phi) is 4.19. The molecule has 1 fully saturated rings. The maximum Gasteiger partial charge on any atom is 0.408 e. The molecule has 1 saturated heterocycles. The lowest BCUT2D eigenvalue weighted by Crippen LogP contribution is -2.60. The minimum atomic E-state index is -0.686. The largest absolute Gasteiger partial charge is 0.444 e. The summed E-state index contributed by atoms with van der Waals surface area (Å²) in [6.45, 7) is 6.16. The molecule has 1 aliphatic heterocycles. The SMILES string of the molecule is CSc1ccnc(C2(NC(=O)OC(C)(C)C)COC2)n1. The van der Waals surface area contributed by atoms with Crippen LogP contribution < -0.4 is 5.32 Å². The molecular weight excluding hydrogens is 278 g/mol. The summed E-state index contributed by atoms with van der Waals surface area (Å²) < 4.78 is 10.5. The van der Waals surface area contributed by atoms with Crippen molar-refractivity contribution in [2.45, 2.75) is 36.9 Å². The molecule has 1 amide bonds. The number of ether oxygens (including phenoxy) is 2. The lowest BCUT2D eigenvalue weighted by molar-refractivity contribution is -0.0842. The molecule has 0 bridgehead atoms. The highest BCUT2D eigenvalue weighted by Crippen LogP contribution is 2.28. The summed E-state index contributed by atoms with van der Waals surface area (Å²) in [5, 5.41) is 3.69. The van der Waals surface area contributed by atoms with E-state index in [1.807, 2.05) is 33.1 Å². The monoisotopic (exact) mass is 297 g/mol. The van der Waals surface area contributed by atoms with Crippen LogP contribution in [0.25, 0.3) is 0 Å². The third-order valence-corrected chi connectivity index (χ3v) is 3.35. The maximum atomic E-state index is 11.9. The summed E-state index contributed by atoms with van der Waals surface area (Å²) in [5.41, 5.74) is -1.23. The van der Waals surface area contributed by atoms with E-state index in [0.717, 1.165) is 5.03 Å². The number of aromatic nitrogens is 2. The van der Waals surface area contributed by atoms with E-state index in [2.05, 4.69) is 15.3 Å². The maximum absolute atomic E-state index is 11.9. The molecule has 0 aromatic carbocycles. The second-order valence-electron chi connectivity index (χ2n) is 5.62. The van der Waals surface area contributed by atoms with Crippen molar-refractivity contribution < 1.29 is 14.3 Å². The predicted molar refractivity (Wildman–Crippen MR) is 75.7 cm³/mol. The van der Waals surface area contributed by atoms with Crippen LogP contribution in [0.15, 0.2) is 17.3 Å². The Hall–Kier alpha value is -1.34. The lowest BCUT2D eigenvalue weighted by atomic mass is 9.96. The van der Waals surface area contributed by atoms with Crippen molar-refractivity contribution in [3.8, 4) is 0 Å². The number of thioether (sulfide) groups is 1. The van der Waals surface area contributed by atoms with Gasteiger partial charge in [0.2, 0.25) is 0 Å². The van der Waals surface area contributed by atoms with Crippen molar-refractivity contribution >= 4 is 17.9 Å². The Morgan fingerprint density at radius 2 is 2.20 bits per heavy atom. The van der Waals surface area contributed by atoms with Crippen LogP contribution in [0.4, 0.5) is 4.79 Å². The van der Waals surface area contributed by atoms with E-state index < -0.39 is 17.2 Å². The van der Waals surface area contributed by atoms with E-state index in [1.165, 1.54) is 11.8 Å². The predicted octanol–water partition coefficient (Wildman–Crippen LogP) is 1.95. The van der Waals surface area contributed by atoms with E-state index in [4.69, 9.17) is 9.47 Å². The molecule has 7 heteroatoms. The highest BCUT2D eigenvalue weighted by Gasteiger charge is 2.45. The zero-order chi connectivity index (χ0) is 14.8. The van der Waals surface area contributed by atoms with Crippen molar-refractivity contribution in [1.29, 1.82) is 0 Å². The molecule has 1 N–H and O–H groups in total. The quantitative estimate of drug-likeness (QED) is 0.679. The van der Waals surface area contributed by atoms with Crippen molar-refractivity contribution in [1.82, 2.24) is 15.3 Å². The zero-order valence-corrected chi connectivity index (χ0v) is 12.9. The summed E-state index contributed by atoms with van der Waals surface area (Å²) >= 11 is 1.53. The van der Waals surface area contributed by atoms with Gasteiger partial charge in [-0.1, -0.05) is 0 Å². The molecule has 0 radical (unpaired) electrons.